The van der Waals surface area contributed by atoms with E-state index < -0.39 is 4.33 Å². The van der Waals surface area contributed by atoms with Gasteiger partial charge in [-0.1, -0.05) is 13.8 Å². The Balaban J connectivity index is 1.07. The number of ether oxygens (including phenoxy) is 2. The Morgan fingerprint density at radius 1 is 0.528 bits per heavy atom. The molecular formula is C32H54Cl2O2. The predicted octanol–water partition coefficient (Wildman–Crippen LogP) is 9.89. The fraction of sp³-hybridized carbons (Fsp3) is 1.00. The maximum absolute atomic E-state index is 7.41. The highest BCUT2D eigenvalue weighted by Gasteiger charge is 2.72. The van der Waals surface area contributed by atoms with Gasteiger partial charge in [0.25, 0.3) is 0 Å². The summed E-state index contributed by atoms with van der Waals surface area (Å²) in [7, 11) is 0. The first-order chi connectivity index (χ1) is 17.4. The van der Waals surface area contributed by atoms with Crippen molar-refractivity contribution in [3.63, 3.8) is 0 Å². The van der Waals surface area contributed by atoms with Crippen LogP contribution in [-0.2, 0) is 9.47 Å². The van der Waals surface area contributed by atoms with Crippen molar-refractivity contribution in [3.8, 4) is 0 Å². The van der Waals surface area contributed by atoms with Crippen molar-refractivity contribution in [1.82, 2.24) is 0 Å². The van der Waals surface area contributed by atoms with Crippen molar-refractivity contribution < 1.29 is 9.47 Å². The van der Waals surface area contributed by atoms with E-state index in [1.165, 1.54) is 109 Å². The molecule has 5 saturated carbocycles. The topological polar surface area (TPSA) is 18.5 Å². The van der Waals surface area contributed by atoms with Crippen molar-refractivity contribution in [3.05, 3.63) is 0 Å². The van der Waals surface area contributed by atoms with Crippen molar-refractivity contribution in [1.29, 1.82) is 0 Å². The third kappa shape index (κ3) is 5.42. The summed E-state index contributed by atoms with van der Waals surface area (Å²) < 4.78 is 11.6. The van der Waals surface area contributed by atoms with E-state index in [2.05, 4.69) is 13.8 Å². The smallest absolute Gasteiger partial charge is 0.129 e. The van der Waals surface area contributed by atoms with Crippen LogP contribution in [0, 0.1) is 34.5 Å². The van der Waals surface area contributed by atoms with Gasteiger partial charge in [-0.2, -0.15) is 0 Å². The molecule has 0 bridgehead atoms. The first-order valence-electron chi connectivity index (χ1n) is 16.0. The Morgan fingerprint density at radius 2 is 0.861 bits per heavy atom. The molecule has 5 rings (SSSR count). The maximum Gasteiger partial charge on any atom is 0.129 e. The van der Waals surface area contributed by atoms with Crippen molar-refractivity contribution in [2.75, 3.05) is 13.2 Å². The van der Waals surface area contributed by atoms with E-state index in [1.54, 1.807) is 0 Å². The molecule has 208 valence electrons. The molecule has 4 heteroatoms. The van der Waals surface area contributed by atoms with Crippen LogP contribution in [-0.4, -0.2) is 29.8 Å². The van der Waals surface area contributed by atoms with Crippen molar-refractivity contribution >= 4 is 23.2 Å². The molecule has 0 unspecified atom stereocenters. The quantitative estimate of drug-likeness (QED) is 0.285. The van der Waals surface area contributed by atoms with Crippen molar-refractivity contribution in [2.45, 2.75) is 152 Å². The molecule has 0 radical (unpaired) electrons. The molecule has 0 aromatic heterocycles. The van der Waals surface area contributed by atoms with Gasteiger partial charge in [-0.25, -0.2) is 0 Å². The van der Waals surface area contributed by atoms with Crippen LogP contribution in [0.25, 0.3) is 0 Å². The van der Waals surface area contributed by atoms with Crippen LogP contribution >= 0.6 is 23.2 Å². The van der Waals surface area contributed by atoms with E-state index >= 15 is 0 Å². The van der Waals surface area contributed by atoms with Gasteiger partial charge in [-0.3, -0.25) is 0 Å². The third-order valence-corrected chi connectivity index (χ3v) is 13.5. The minimum atomic E-state index is -0.493. The number of halogens is 2. The van der Waals surface area contributed by atoms with Crippen LogP contribution in [0.5, 0.6) is 0 Å². The summed E-state index contributed by atoms with van der Waals surface area (Å²) in [6, 6.07) is 0. The fourth-order valence-electron chi connectivity index (χ4n) is 9.66. The summed E-state index contributed by atoms with van der Waals surface area (Å²) in [6.07, 6.45) is 25.7. The molecule has 5 aliphatic carbocycles. The van der Waals surface area contributed by atoms with E-state index in [-0.39, 0.29) is 10.8 Å². The molecule has 0 atom stereocenters. The first-order valence-corrected chi connectivity index (χ1v) is 16.8. The van der Waals surface area contributed by atoms with E-state index in [0.29, 0.717) is 12.2 Å². The second-order valence-corrected chi connectivity index (χ2v) is 15.1. The van der Waals surface area contributed by atoms with E-state index in [9.17, 15) is 0 Å². The molecule has 5 fully saturated rings. The Morgan fingerprint density at radius 3 is 1.17 bits per heavy atom. The highest BCUT2D eigenvalue weighted by atomic mass is 35.5. The van der Waals surface area contributed by atoms with Crippen LogP contribution in [0.3, 0.4) is 0 Å². The third-order valence-electron chi connectivity index (χ3n) is 11.9. The van der Waals surface area contributed by atoms with Crippen LogP contribution in [0.15, 0.2) is 0 Å². The first kappa shape index (κ1) is 28.0. The molecule has 0 N–H and O–H groups in total. The van der Waals surface area contributed by atoms with Gasteiger partial charge in [0.15, 0.2) is 0 Å². The lowest BCUT2D eigenvalue weighted by Crippen LogP contribution is -2.66. The lowest BCUT2D eigenvalue weighted by molar-refractivity contribution is -0.123. The molecule has 36 heavy (non-hydrogen) atoms. The molecule has 2 spiro atoms. The van der Waals surface area contributed by atoms with Crippen LogP contribution in [0.1, 0.15) is 136 Å². The lowest BCUT2D eigenvalue weighted by atomic mass is 9.42. The molecule has 0 amide bonds. The van der Waals surface area contributed by atoms with Gasteiger partial charge in [0.1, 0.15) is 4.33 Å². The monoisotopic (exact) mass is 540 g/mol. The minimum Gasteiger partial charge on any atom is -0.378 e. The van der Waals surface area contributed by atoms with Gasteiger partial charge in [0, 0.05) is 24.0 Å². The predicted molar refractivity (Wildman–Crippen MR) is 152 cm³/mol. The van der Waals surface area contributed by atoms with E-state index in [1.807, 2.05) is 0 Å². The number of rotatable bonds is 8. The minimum absolute atomic E-state index is 0.204. The van der Waals surface area contributed by atoms with E-state index in [4.69, 9.17) is 32.7 Å². The molecule has 0 saturated heterocycles. The zero-order valence-electron chi connectivity index (χ0n) is 23.4. The Bertz CT molecular complexity index is 620. The molecule has 5 aliphatic rings. The Hall–Kier alpha value is 0.500. The summed E-state index contributed by atoms with van der Waals surface area (Å²) in [5.74, 6) is 3.62. The normalized spacial score (nSPS) is 45.0. The highest BCUT2D eigenvalue weighted by molar-refractivity contribution is 6.50. The van der Waals surface area contributed by atoms with Gasteiger partial charge >= 0.3 is 0 Å². The van der Waals surface area contributed by atoms with Crippen LogP contribution in [0.2, 0.25) is 0 Å². The van der Waals surface area contributed by atoms with Gasteiger partial charge in [0.05, 0.1) is 12.2 Å². The summed E-state index contributed by atoms with van der Waals surface area (Å²) in [5, 5.41) is 0. The summed E-state index contributed by atoms with van der Waals surface area (Å²) >= 11 is 14.8. The molecule has 2 nitrogen and oxygen atoms in total. The number of hydrogen-bond donors (Lipinski definition) is 0. The zero-order chi connectivity index (χ0) is 25.2. The lowest BCUT2D eigenvalue weighted by Gasteiger charge is -2.69. The number of alkyl halides is 2. The second-order valence-electron chi connectivity index (χ2n) is 13.8. The van der Waals surface area contributed by atoms with Gasteiger partial charge < -0.3 is 9.47 Å². The van der Waals surface area contributed by atoms with Crippen molar-refractivity contribution in [2.24, 2.45) is 34.5 Å². The molecule has 0 heterocycles. The molecule has 0 aromatic rings. The Kier molecular flexibility index (Phi) is 9.30. The van der Waals surface area contributed by atoms with E-state index in [0.717, 1.165) is 49.7 Å². The van der Waals surface area contributed by atoms with Gasteiger partial charge in [0.2, 0.25) is 0 Å². The fourth-order valence-corrected chi connectivity index (χ4v) is 10.7. The largest absolute Gasteiger partial charge is 0.378 e. The standard InChI is InChI=1S/C32H54Cl2O2/c1-3-21-35-28-9-5-24(6-10-28)26-13-17-30(18-14-26)23-31(32(30,33)34)19-15-27(16-20-31)25-7-11-29(12-8-25)36-22-4-2/h24-29H,3-23H2,1-2H3/t24?,25?,26-,27?,28?,29?,30-,31-. The SMILES string of the molecule is CCCOC1CCC(C2CC[C@]3(CC2)C[C@@]2(CC[C@H](C4CCC(OCCC)CC4)CC2)C3(Cl)Cl)CC1. The molecule has 0 aliphatic heterocycles. The average molecular weight is 542 g/mol. The zero-order valence-corrected chi connectivity index (χ0v) is 24.9. The Labute approximate surface area is 232 Å². The average Bonchev–Trinajstić information content (AvgIpc) is 2.92. The molecular weight excluding hydrogens is 487 g/mol. The van der Waals surface area contributed by atoms with Crippen LogP contribution < -0.4 is 0 Å². The highest BCUT2D eigenvalue weighted by Crippen LogP contribution is 2.77. The van der Waals surface area contributed by atoms with Gasteiger partial charge in [-0.15, -0.1) is 23.2 Å². The van der Waals surface area contributed by atoms with Gasteiger partial charge in [-0.05, 0) is 146 Å². The maximum atomic E-state index is 7.41. The number of hydrogen-bond acceptors (Lipinski definition) is 2. The summed E-state index contributed by atoms with van der Waals surface area (Å²) in [5.41, 5.74) is 0.408. The molecule has 0 aromatic carbocycles. The summed E-state index contributed by atoms with van der Waals surface area (Å²) in [4.78, 5) is 0. The van der Waals surface area contributed by atoms with Crippen LogP contribution in [0.4, 0.5) is 0 Å². The second kappa shape index (κ2) is 11.9. The summed E-state index contributed by atoms with van der Waals surface area (Å²) in [6.45, 7) is 6.30.